The molecular formula is C19H17ClN4O2S2. The van der Waals surface area contributed by atoms with Crippen LogP contribution in [0, 0.1) is 0 Å². The van der Waals surface area contributed by atoms with Crippen molar-refractivity contribution in [3.05, 3.63) is 65.2 Å². The van der Waals surface area contributed by atoms with Gasteiger partial charge in [-0.1, -0.05) is 23.7 Å². The molecular weight excluding hydrogens is 416 g/mol. The molecule has 0 aromatic heterocycles. The van der Waals surface area contributed by atoms with E-state index in [1.807, 2.05) is 0 Å². The first kappa shape index (κ1) is 21.5. The van der Waals surface area contributed by atoms with Crippen LogP contribution in [0.15, 0.2) is 54.6 Å². The lowest BCUT2D eigenvalue weighted by molar-refractivity contribution is -0.117. The Hall–Kier alpha value is -2.81. The summed E-state index contributed by atoms with van der Waals surface area (Å²) in [6, 6.07) is 14.1. The van der Waals surface area contributed by atoms with Crippen molar-refractivity contribution >= 4 is 75.5 Å². The summed E-state index contributed by atoms with van der Waals surface area (Å²) in [5.41, 5.74) is 2.23. The van der Waals surface area contributed by atoms with Crippen molar-refractivity contribution in [1.29, 1.82) is 0 Å². The zero-order valence-electron chi connectivity index (χ0n) is 14.8. The van der Waals surface area contributed by atoms with E-state index in [1.54, 1.807) is 54.6 Å². The van der Waals surface area contributed by atoms with E-state index in [0.717, 1.165) is 5.56 Å². The van der Waals surface area contributed by atoms with Crippen molar-refractivity contribution in [2.45, 2.75) is 6.92 Å². The Labute approximate surface area is 178 Å². The highest BCUT2D eigenvalue weighted by molar-refractivity contribution is 7.80. The number of hydrogen-bond donors (Lipinski definition) is 4. The molecule has 144 valence electrons. The van der Waals surface area contributed by atoms with Gasteiger partial charge in [0.1, 0.15) is 0 Å². The fourth-order valence-corrected chi connectivity index (χ4v) is 2.63. The normalized spacial score (nSPS) is 10.2. The van der Waals surface area contributed by atoms with E-state index in [-0.39, 0.29) is 22.0 Å². The van der Waals surface area contributed by atoms with Crippen LogP contribution in [0.4, 0.5) is 11.4 Å². The molecule has 0 spiro atoms. The minimum absolute atomic E-state index is 0.167. The van der Waals surface area contributed by atoms with Gasteiger partial charge in [-0.3, -0.25) is 14.9 Å². The summed E-state index contributed by atoms with van der Waals surface area (Å²) >= 11 is 15.9. The summed E-state index contributed by atoms with van der Waals surface area (Å²) in [6.07, 6.45) is 3.04. The Balaban J connectivity index is 1.83. The van der Waals surface area contributed by atoms with E-state index in [2.05, 4.69) is 21.3 Å². The molecule has 28 heavy (non-hydrogen) atoms. The molecule has 6 nitrogen and oxygen atoms in total. The fourth-order valence-electron chi connectivity index (χ4n) is 2.02. The van der Waals surface area contributed by atoms with Crippen LogP contribution in [0.5, 0.6) is 0 Å². The zero-order valence-corrected chi connectivity index (χ0v) is 17.2. The van der Waals surface area contributed by atoms with Gasteiger partial charge in [0.05, 0.1) is 0 Å². The molecule has 0 saturated heterocycles. The van der Waals surface area contributed by atoms with Gasteiger partial charge in [-0.05, 0) is 72.5 Å². The Morgan fingerprint density at radius 1 is 0.857 bits per heavy atom. The summed E-state index contributed by atoms with van der Waals surface area (Å²) in [4.78, 5) is 22.9. The second-order valence-corrected chi connectivity index (χ2v) is 6.79. The summed E-state index contributed by atoms with van der Waals surface area (Å²) in [7, 11) is 0. The van der Waals surface area contributed by atoms with Gasteiger partial charge in [0.2, 0.25) is 11.8 Å². The first-order chi connectivity index (χ1) is 13.3. The van der Waals surface area contributed by atoms with Gasteiger partial charge >= 0.3 is 0 Å². The molecule has 2 rings (SSSR count). The average Bonchev–Trinajstić information content (AvgIpc) is 2.62. The minimum atomic E-state index is -0.355. The highest BCUT2D eigenvalue weighted by Gasteiger charge is 2.03. The number of nitrogens with one attached hydrogen (secondary N) is 4. The molecule has 2 amide bonds. The number of halogens is 1. The highest BCUT2D eigenvalue weighted by atomic mass is 35.5. The molecule has 0 heterocycles. The maximum atomic E-state index is 11.9. The summed E-state index contributed by atoms with van der Waals surface area (Å²) in [6.45, 7) is 1.38. The van der Waals surface area contributed by atoms with Crippen molar-refractivity contribution in [3.8, 4) is 0 Å². The van der Waals surface area contributed by atoms with Crippen molar-refractivity contribution in [1.82, 2.24) is 10.6 Å². The predicted molar refractivity (Wildman–Crippen MR) is 121 cm³/mol. The van der Waals surface area contributed by atoms with E-state index in [0.29, 0.717) is 16.4 Å². The Morgan fingerprint density at radius 3 is 1.86 bits per heavy atom. The third-order valence-corrected chi connectivity index (χ3v) is 3.88. The molecule has 0 radical (unpaired) electrons. The van der Waals surface area contributed by atoms with Crippen LogP contribution < -0.4 is 21.3 Å². The molecule has 2 aromatic rings. The molecule has 0 saturated carbocycles. The van der Waals surface area contributed by atoms with Gasteiger partial charge in [0.15, 0.2) is 10.2 Å². The van der Waals surface area contributed by atoms with Crippen LogP contribution in [0.25, 0.3) is 6.08 Å². The lowest BCUT2D eigenvalue weighted by Gasteiger charge is -2.11. The number of rotatable bonds is 4. The SMILES string of the molecule is CC(=O)NC(=S)Nc1ccc(NC(=S)NC(=O)C=Cc2ccc(Cl)cc2)cc1. The second kappa shape index (κ2) is 10.5. The topological polar surface area (TPSA) is 82.3 Å². The fraction of sp³-hybridized carbons (Fsp3) is 0.0526. The van der Waals surface area contributed by atoms with Crippen LogP contribution in [0.2, 0.25) is 5.02 Å². The average molecular weight is 433 g/mol. The number of anilines is 2. The van der Waals surface area contributed by atoms with Crippen LogP contribution in [-0.4, -0.2) is 22.0 Å². The van der Waals surface area contributed by atoms with E-state index in [9.17, 15) is 9.59 Å². The number of thiocarbonyl (C=S) groups is 2. The molecule has 0 bridgehead atoms. The van der Waals surface area contributed by atoms with Crippen LogP contribution in [0.1, 0.15) is 12.5 Å². The Kier molecular flexibility index (Phi) is 8.06. The number of carbonyl (C=O) groups excluding carboxylic acids is 2. The van der Waals surface area contributed by atoms with Crippen molar-refractivity contribution in [3.63, 3.8) is 0 Å². The molecule has 0 atom stereocenters. The van der Waals surface area contributed by atoms with Gasteiger partial charge < -0.3 is 16.0 Å². The summed E-state index contributed by atoms with van der Waals surface area (Å²) in [5.74, 6) is -0.603. The first-order valence-corrected chi connectivity index (χ1v) is 9.25. The quantitative estimate of drug-likeness (QED) is 0.435. The second-order valence-electron chi connectivity index (χ2n) is 5.54. The van der Waals surface area contributed by atoms with Crippen molar-refractivity contribution in [2.75, 3.05) is 10.6 Å². The lowest BCUT2D eigenvalue weighted by atomic mass is 10.2. The van der Waals surface area contributed by atoms with Gasteiger partial charge in [-0.15, -0.1) is 0 Å². The van der Waals surface area contributed by atoms with Crippen molar-refractivity contribution in [2.24, 2.45) is 0 Å². The molecule has 4 N–H and O–H groups in total. The van der Waals surface area contributed by atoms with Gasteiger partial charge in [-0.2, -0.15) is 0 Å². The molecule has 0 unspecified atom stereocenters. The van der Waals surface area contributed by atoms with Crippen LogP contribution >= 0.6 is 36.0 Å². The van der Waals surface area contributed by atoms with E-state index in [1.165, 1.54) is 13.0 Å². The first-order valence-electron chi connectivity index (χ1n) is 8.06. The summed E-state index contributed by atoms with van der Waals surface area (Å²) < 4.78 is 0. The highest BCUT2D eigenvalue weighted by Crippen LogP contribution is 2.13. The molecule has 0 aliphatic carbocycles. The molecule has 2 aromatic carbocycles. The molecule has 0 fully saturated rings. The largest absolute Gasteiger partial charge is 0.332 e. The predicted octanol–water partition coefficient (Wildman–Crippen LogP) is 3.70. The summed E-state index contributed by atoms with van der Waals surface area (Å²) in [5, 5.41) is 11.8. The minimum Gasteiger partial charge on any atom is -0.332 e. The zero-order chi connectivity index (χ0) is 20.5. The monoisotopic (exact) mass is 432 g/mol. The standard InChI is InChI=1S/C19H17ClN4O2S2/c1-12(25)21-18(27)22-15-7-9-16(10-8-15)23-19(28)24-17(26)11-4-13-2-5-14(20)6-3-13/h2-11H,1H3,(H2,21,22,25,27)(H2,23,24,26,28). The number of carbonyl (C=O) groups is 2. The van der Waals surface area contributed by atoms with Crippen LogP contribution in [0.3, 0.4) is 0 Å². The third-order valence-electron chi connectivity index (χ3n) is 3.22. The smallest absolute Gasteiger partial charge is 0.250 e. The van der Waals surface area contributed by atoms with Gasteiger partial charge in [0.25, 0.3) is 0 Å². The number of benzene rings is 2. The molecule has 0 aliphatic rings. The number of amides is 2. The maximum Gasteiger partial charge on any atom is 0.250 e. The Morgan fingerprint density at radius 2 is 1.36 bits per heavy atom. The number of hydrogen-bond acceptors (Lipinski definition) is 4. The third kappa shape index (κ3) is 7.83. The Bertz CT molecular complexity index is 913. The maximum absolute atomic E-state index is 11.9. The van der Waals surface area contributed by atoms with Crippen LogP contribution in [-0.2, 0) is 9.59 Å². The van der Waals surface area contributed by atoms with E-state index >= 15 is 0 Å². The van der Waals surface area contributed by atoms with E-state index in [4.69, 9.17) is 36.0 Å². The molecule has 0 aliphatic heterocycles. The van der Waals surface area contributed by atoms with Gasteiger partial charge in [-0.25, -0.2) is 0 Å². The van der Waals surface area contributed by atoms with Gasteiger partial charge in [0, 0.05) is 29.4 Å². The molecule has 9 heteroatoms. The van der Waals surface area contributed by atoms with Crippen molar-refractivity contribution < 1.29 is 9.59 Å². The van der Waals surface area contributed by atoms with E-state index < -0.39 is 0 Å². The lowest BCUT2D eigenvalue weighted by Crippen LogP contribution is -2.33.